The maximum Gasteiger partial charge on any atom is 0.140 e. The van der Waals surface area contributed by atoms with Crippen LogP contribution in [0.2, 0.25) is 0 Å². The first-order valence-electron chi connectivity index (χ1n) is 9.58. The van der Waals surface area contributed by atoms with Gasteiger partial charge in [-0.3, -0.25) is 4.40 Å². The van der Waals surface area contributed by atoms with Crippen LogP contribution >= 0.6 is 0 Å². The number of imidazole rings is 1. The van der Waals surface area contributed by atoms with Gasteiger partial charge in [0.2, 0.25) is 0 Å². The minimum absolute atomic E-state index is 0.415. The highest BCUT2D eigenvalue weighted by atomic mass is 16.5. The summed E-state index contributed by atoms with van der Waals surface area (Å²) >= 11 is 0. The van der Waals surface area contributed by atoms with Crippen molar-refractivity contribution in [2.24, 2.45) is 0 Å². The number of nitriles is 1. The van der Waals surface area contributed by atoms with E-state index < -0.39 is 0 Å². The monoisotopic (exact) mass is 381 g/mol. The highest BCUT2D eigenvalue weighted by molar-refractivity contribution is 5.70. The second-order valence-electron chi connectivity index (χ2n) is 6.98. The van der Waals surface area contributed by atoms with Crippen LogP contribution in [0.3, 0.4) is 0 Å². The largest absolute Gasteiger partial charge is 0.378 e. The van der Waals surface area contributed by atoms with Gasteiger partial charge in [-0.1, -0.05) is 12.1 Å². The van der Waals surface area contributed by atoms with Crippen molar-refractivity contribution in [1.82, 2.24) is 14.4 Å². The van der Waals surface area contributed by atoms with Crippen LogP contribution in [-0.4, -0.2) is 40.7 Å². The van der Waals surface area contributed by atoms with E-state index in [0.29, 0.717) is 5.69 Å². The number of rotatable bonds is 3. The van der Waals surface area contributed by atoms with E-state index in [1.165, 1.54) is 5.69 Å². The minimum atomic E-state index is 0.415. The Hall–Kier alpha value is -3.69. The van der Waals surface area contributed by atoms with Crippen molar-refractivity contribution >= 4 is 11.3 Å². The standard InChI is InChI=1S/C23H19N5O/c24-13-20-5-1-18(14-25-20)19-4-8-23-26-15-22(28(23)16-19)17-2-6-21(7-3-17)27-9-11-29-12-10-27/h1-8,14-16H,9-12H2. The molecule has 4 heterocycles. The molecule has 1 saturated heterocycles. The number of nitrogens with zero attached hydrogens (tertiary/aromatic N) is 5. The summed E-state index contributed by atoms with van der Waals surface area (Å²) in [5, 5.41) is 8.94. The molecule has 1 aliphatic rings. The molecule has 142 valence electrons. The van der Waals surface area contributed by atoms with Crippen LogP contribution < -0.4 is 4.90 Å². The molecule has 0 saturated carbocycles. The lowest BCUT2D eigenvalue weighted by molar-refractivity contribution is 0.122. The molecular weight excluding hydrogens is 362 g/mol. The highest BCUT2D eigenvalue weighted by Gasteiger charge is 2.12. The third-order valence-corrected chi connectivity index (χ3v) is 5.26. The lowest BCUT2D eigenvalue weighted by Gasteiger charge is -2.28. The van der Waals surface area contributed by atoms with Crippen molar-refractivity contribution in [3.8, 4) is 28.5 Å². The van der Waals surface area contributed by atoms with Crippen LogP contribution in [0.4, 0.5) is 5.69 Å². The Kier molecular flexibility index (Phi) is 4.43. The van der Waals surface area contributed by atoms with Gasteiger partial charge >= 0.3 is 0 Å². The van der Waals surface area contributed by atoms with Gasteiger partial charge in [0.1, 0.15) is 17.4 Å². The molecule has 1 aliphatic heterocycles. The fourth-order valence-corrected chi connectivity index (χ4v) is 3.66. The van der Waals surface area contributed by atoms with E-state index in [-0.39, 0.29) is 0 Å². The van der Waals surface area contributed by atoms with E-state index in [4.69, 9.17) is 10.00 Å². The minimum Gasteiger partial charge on any atom is -0.378 e. The topological polar surface area (TPSA) is 66.5 Å². The molecule has 6 nitrogen and oxygen atoms in total. The molecule has 0 spiro atoms. The SMILES string of the molecule is N#Cc1ccc(-c2ccc3ncc(-c4ccc(N5CCOCC5)cc4)n3c2)cn1. The van der Waals surface area contributed by atoms with Crippen LogP contribution in [0.15, 0.2) is 67.1 Å². The van der Waals surface area contributed by atoms with E-state index in [1.54, 1.807) is 12.3 Å². The summed E-state index contributed by atoms with van der Waals surface area (Å²) in [5.41, 5.74) is 6.67. The molecule has 0 N–H and O–H groups in total. The number of ether oxygens (including phenoxy) is 1. The number of hydrogen-bond donors (Lipinski definition) is 0. The number of morpholine rings is 1. The number of hydrogen-bond acceptors (Lipinski definition) is 5. The Labute approximate surface area is 168 Å². The van der Waals surface area contributed by atoms with E-state index in [0.717, 1.165) is 54.3 Å². The van der Waals surface area contributed by atoms with Crippen LogP contribution in [0.5, 0.6) is 0 Å². The summed E-state index contributed by atoms with van der Waals surface area (Å²) < 4.78 is 7.53. The Bertz CT molecular complexity index is 1180. The number of aromatic nitrogens is 3. The normalized spacial score (nSPS) is 14.1. The number of fused-ring (bicyclic) bond motifs is 1. The van der Waals surface area contributed by atoms with Gasteiger partial charge in [0.05, 0.1) is 25.1 Å². The van der Waals surface area contributed by atoms with E-state index in [1.807, 2.05) is 24.4 Å². The Morgan fingerprint density at radius 2 is 1.59 bits per heavy atom. The van der Waals surface area contributed by atoms with Crippen molar-refractivity contribution in [3.63, 3.8) is 0 Å². The Morgan fingerprint density at radius 1 is 0.828 bits per heavy atom. The van der Waals surface area contributed by atoms with Crippen molar-refractivity contribution in [2.45, 2.75) is 0 Å². The molecule has 0 amide bonds. The van der Waals surface area contributed by atoms with Gasteiger partial charge in [0.15, 0.2) is 0 Å². The third kappa shape index (κ3) is 3.33. The summed E-state index contributed by atoms with van der Waals surface area (Å²) in [6.07, 6.45) is 5.70. The van der Waals surface area contributed by atoms with Crippen LogP contribution in [0.1, 0.15) is 5.69 Å². The van der Waals surface area contributed by atoms with Gasteiger partial charge in [-0.15, -0.1) is 0 Å². The quantitative estimate of drug-likeness (QED) is 0.540. The van der Waals surface area contributed by atoms with Crippen molar-refractivity contribution in [2.75, 3.05) is 31.2 Å². The molecule has 5 rings (SSSR count). The summed E-state index contributed by atoms with van der Waals surface area (Å²) in [6.45, 7) is 3.41. The van der Waals surface area contributed by atoms with E-state index in [2.05, 4.69) is 55.8 Å². The first kappa shape index (κ1) is 17.4. The average molecular weight is 381 g/mol. The molecule has 1 fully saturated rings. The molecule has 1 aromatic carbocycles. The lowest BCUT2D eigenvalue weighted by Crippen LogP contribution is -2.36. The number of pyridine rings is 2. The number of benzene rings is 1. The molecule has 0 radical (unpaired) electrons. The van der Waals surface area contributed by atoms with Crippen molar-refractivity contribution in [3.05, 3.63) is 72.8 Å². The molecule has 0 unspecified atom stereocenters. The molecule has 0 aliphatic carbocycles. The van der Waals surface area contributed by atoms with Crippen LogP contribution in [0.25, 0.3) is 28.0 Å². The van der Waals surface area contributed by atoms with Gasteiger partial charge in [-0.25, -0.2) is 9.97 Å². The fraction of sp³-hybridized carbons (Fsp3) is 0.174. The van der Waals surface area contributed by atoms with Crippen molar-refractivity contribution < 1.29 is 4.74 Å². The third-order valence-electron chi connectivity index (χ3n) is 5.26. The molecule has 0 bridgehead atoms. The predicted octanol–water partition coefficient (Wildman–Crippen LogP) is 3.77. The second kappa shape index (κ2) is 7.38. The summed E-state index contributed by atoms with van der Waals surface area (Å²) in [7, 11) is 0. The molecule has 0 atom stereocenters. The molecule has 6 heteroatoms. The van der Waals surface area contributed by atoms with Gasteiger partial charge < -0.3 is 9.64 Å². The second-order valence-corrected chi connectivity index (χ2v) is 6.98. The van der Waals surface area contributed by atoms with E-state index >= 15 is 0 Å². The maximum atomic E-state index is 8.94. The zero-order valence-electron chi connectivity index (χ0n) is 15.8. The van der Waals surface area contributed by atoms with Gasteiger partial charge in [0, 0.05) is 47.9 Å². The molecule has 3 aromatic heterocycles. The Balaban J connectivity index is 1.49. The zero-order chi connectivity index (χ0) is 19.6. The molecule has 29 heavy (non-hydrogen) atoms. The average Bonchev–Trinajstić information content (AvgIpc) is 3.23. The zero-order valence-corrected chi connectivity index (χ0v) is 15.8. The molecular formula is C23H19N5O. The molecule has 4 aromatic rings. The van der Waals surface area contributed by atoms with Gasteiger partial charge in [-0.05, 0) is 36.4 Å². The van der Waals surface area contributed by atoms with Gasteiger partial charge in [-0.2, -0.15) is 5.26 Å². The first-order valence-corrected chi connectivity index (χ1v) is 9.58. The first-order chi connectivity index (χ1) is 14.3. The number of anilines is 1. The summed E-state index contributed by atoms with van der Waals surface area (Å²) in [5.74, 6) is 0. The highest BCUT2D eigenvalue weighted by Crippen LogP contribution is 2.27. The fourth-order valence-electron chi connectivity index (χ4n) is 3.66. The van der Waals surface area contributed by atoms with Gasteiger partial charge in [0.25, 0.3) is 0 Å². The Morgan fingerprint density at radius 3 is 2.31 bits per heavy atom. The van der Waals surface area contributed by atoms with Crippen LogP contribution in [-0.2, 0) is 4.74 Å². The van der Waals surface area contributed by atoms with E-state index in [9.17, 15) is 0 Å². The summed E-state index contributed by atoms with van der Waals surface area (Å²) in [6, 6.07) is 18.3. The van der Waals surface area contributed by atoms with Crippen molar-refractivity contribution in [1.29, 1.82) is 5.26 Å². The smallest absolute Gasteiger partial charge is 0.140 e. The lowest BCUT2D eigenvalue weighted by atomic mass is 10.1. The van der Waals surface area contributed by atoms with Crippen LogP contribution in [0, 0.1) is 11.3 Å². The predicted molar refractivity (Wildman–Crippen MR) is 112 cm³/mol. The summed E-state index contributed by atoms with van der Waals surface area (Å²) in [4.78, 5) is 11.1. The maximum absolute atomic E-state index is 8.94.